The van der Waals surface area contributed by atoms with Crippen LogP contribution in [0, 0.1) is 0 Å². The van der Waals surface area contributed by atoms with Gasteiger partial charge in [0, 0.05) is 13.1 Å². The summed E-state index contributed by atoms with van der Waals surface area (Å²) in [5, 5.41) is 5.60. The molecule has 0 spiro atoms. The molecule has 0 fully saturated rings. The van der Waals surface area contributed by atoms with Crippen LogP contribution < -0.4 is 10.6 Å². The van der Waals surface area contributed by atoms with Crippen LogP contribution in [0.3, 0.4) is 0 Å². The van der Waals surface area contributed by atoms with Gasteiger partial charge in [0.15, 0.2) is 0 Å². The van der Waals surface area contributed by atoms with Crippen LogP contribution in [0.15, 0.2) is 0 Å². The zero-order valence-corrected chi connectivity index (χ0v) is 13.4. The van der Waals surface area contributed by atoms with Gasteiger partial charge in [0.05, 0.1) is 44.9 Å². The lowest BCUT2D eigenvalue weighted by molar-refractivity contribution is -0.120. The third kappa shape index (κ3) is 14.1. The van der Waals surface area contributed by atoms with E-state index in [1.54, 1.807) is 6.92 Å². The van der Waals surface area contributed by atoms with Gasteiger partial charge >= 0.3 is 0 Å². The lowest BCUT2D eigenvalue weighted by Gasteiger charge is -2.08. The molecule has 1 atom stereocenters. The molecule has 0 heterocycles. The summed E-state index contributed by atoms with van der Waals surface area (Å²) in [6.45, 7) is 9.53. The first kappa shape index (κ1) is 19.7. The molecule has 0 saturated carbocycles. The van der Waals surface area contributed by atoms with Gasteiger partial charge in [0.25, 0.3) is 0 Å². The molecule has 1 unspecified atom stereocenters. The molecule has 2 N–H and O–H groups in total. The summed E-state index contributed by atoms with van der Waals surface area (Å²) in [6.07, 6.45) is 0. The molecule has 0 aliphatic rings. The van der Waals surface area contributed by atoms with Crippen molar-refractivity contribution in [2.24, 2.45) is 0 Å². The molecule has 20 heavy (non-hydrogen) atoms. The van der Waals surface area contributed by atoms with Crippen LogP contribution in [0.4, 0.5) is 0 Å². The molecular weight excluding hydrogens is 280 g/mol. The molecule has 6 nitrogen and oxygen atoms in total. The van der Waals surface area contributed by atoms with Crippen molar-refractivity contribution in [3.63, 3.8) is 0 Å². The van der Waals surface area contributed by atoms with E-state index in [1.807, 2.05) is 0 Å². The number of carbonyl (C=O) groups excluding carboxylic acids is 1. The van der Waals surface area contributed by atoms with Crippen LogP contribution in [0.5, 0.6) is 0 Å². The van der Waals surface area contributed by atoms with Crippen molar-refractivity contribution in [1.82, 2.24) is 10.6 Å². The quantitative estimate of drug-likeness (QED) is 0.313. The largest absolute Gasteiger partial charge is 0.378 e. The van der Waals surface area contributed by atoms with E-state index in [0.717, 1.165) is 13.1 Å². The second kappa shape index (κ2) is 15.1. The average molecular weight is 308 g/mol. The van der Waals surface area contributed by atoms with Gasteiger partial charge in [0.2, 0.25) is 5.91 Å². The molecule has 120 valence electrons. The Hall–Kier alpha value is -0.340. The summed E-state index contributed by atoms with van der Waals surface area (Å²) in [5.41, 5.74) is 0. The first-order valence-corrected chi connectivity index (χ1v) is 7.59. The SMILES string of the molecule is CCNCCOCCOCCOCCNC(=O)C(C)S. The van der Waals surface area contributed by atoms with Crippen molar-refractivity contribution in [2.75, 3.05) is 59.3 Å². The maximum Gasteiger partial charge on any atom is 0.232 e. The highest BCUT2D eigenvalue weighted by Gasteiger charge is 2.05. The molecule has 0 aliphatic heterocycles. The number of nitrogens with one attached hydrogen (secondary N) is 2. The van der Waals surface area contributed by atoms with Crippen LogP contribution >= 0.6 is 12.6 Å². The van der Waals surface area contributed by atoms with Crippen LogP contribution in [0.1, 0.15) is 13.8 Å². The normalized spacial score (nSPS) is 12.3. The molecule has 1 amide bonds. The number of thiol groups is 1. The van der Waals surface area contributed by atoms with Gasteiger partial charge in [-0.3, -0.25) is 4.79 Å². The maximum absolute atomic E-state index is 11.2. The van der Waals surface area contributed by atoms with E-state index in [4.69, 9.17) is 14.2 Å². The maximum atomic E-state index is 11.2. The fourth-order valence-electron chi connectivity index (χ4n) is 1.26. The number of carbonyl (C=O) groups is 1. The summed E-state index contributed by atoms with van der Waals surface area (Å²) in [6, 6.07) is 0. The molecule has 0 aromatic carbocycles. The number of hydrogen-bond donors (Lipinski definition) is 3. The van der Waals surface area contributed by atoms with E-state index in [9.17, 15) is 4.79 Å². The van der Waals surface area contributed by atoms with E-state index in [1.165, 1.54) is 0 Å². The summed E-state index contributed by atoms with van der Waals surface area (Å²) in [7, 11) is 0. The van der Waals surface area contributed by atoms with Crippen molar-refractivity contribution in [3.05, 3.63) is 0 Å². The molecule has 0 aromatic rings. The second-order valence-electron chi connectivity index (χ2n) is 4.16. The highest BCUT2D eigenvalue weighted by atomic mass is 32.1. The minimum absolute atomic E-state index is 0.0807. The van der Waals surface area contributed by atoms with Gasteiger partial charge in [-0.05, 0) is 13.5 Å². The van der Waals surface area contributed by atoms with Gasteiger partial charge in [-0.25, -0.2) is 0 Å². The molecule has 0 aromatic heterocycles. The standard InChI is InChI=1S/C13H28N2O4S/c1-3-14-4-6-17-8-10-19-11-9-18-7-5-15-13(16)12(2)20/h12,14,20H,3-11H2,1-2H3,(H,15,16). The van der Waals surface area contributed by atoms with Gasteiger partial charge in [-0.15, -0.1) is 0 Å². The van der Waals surface area contributed by atoms with Crippen LogP contribution in [-0.4, -0.2) is 70.4 Å². The Morgan fingerprint density at radius 1 is 1.00 bits per heavy atom. The van der Waals surface area contributed by atoms with E-state index in [-0.39, 0.29) is 11.2 Å². The van der Waals surface area contributed by atoms with Crippen LogP contribution in [0.25, 0.3) is 0 Å². The molecule has 0 bridgehead atoms. The third-order valence-electron chi connectivity index (χ3n) is 2.34. The van der Waals surface area contributed by atoms with E-state index < -0.39 is 0 Å². The zero-order chi connectivity index (χ0) is 15.1. The minimum atomic E-state index is -0.286. The first-order valence-electron chi connectivity index (χ1n) is 7.08. The number of rotatable bonds is 14. The Labute approximate surface area is 127 Å². The highest BCUT2D eigenvalue weighted by Crippen LogP contribution is 1.90. The minimum Gasteiger partial charge on any atom is -0.378 e. The predicted molar refractivity (Wildman–Crippen MR) is 82.5 cm³/mol. The fraction of sp³-hybridized carbons (Fsp3) is 0.923. The number of likely N-dealkylation sites (N-methyl/N-ethyl adjacent to an activating group) is 1. The lowest BCUT2D eigenvalue weighted by Crippen LogP contribution is -2.32. The Morgan fingerprint density at radius 3 is 2.00 bits per heavy atom. The van der Waals surface area contributed by atoms with Crippen molar-refractivity contribution < 1.29 is 19.0 Å². The number of ether oxygens (including phenoxy) is 3. The third-order valence-corrected chi connectivity index (χ3v) is 2.58. The van der Waals surface area contributed by atoms with Gasteiger partial charge in [-0.1, -0.05) is 6.92 Å². The molecule has 0 saturated heterocycles. The van der Waals surface area contributed by atoms with Crippen molar-refractivity contribution in [3.8, 4) is 0 Å². The van der Waals surface area contributed by atoms with Gasteiger partial charge in [0.1, 0.15) is 0 Å². The van der Waals surface area contributed by atoms with Gasteiger partial charge in [-0.2, -0.15) is 12.6 Å². The van der Waals surface area contributed by atoms with Crippen LogP contribution in [-0.2, 0) is 19.0 Å². The summed E-state index contributed by atoms with van der Waals surface area (Å²) < 4.78 is 16.0. The first-order chi connectivity index (χ1) is 9.68. The smallest absolute Gasteiger partial charge is 0.232 e. The van der Waals surface area contributed by atoms with Crippen molar-refractivity contribution in [2.45, 2.75) is 19.1 Å². The second-order valence-corrected chi connectivity index (χ2v) is 4.93. The monoisotopic (exact) mass is 308 g/mol. The average Bonchev–Trinajstić information content (AvgIpc) is 2.43. The molecule has 7 heteroatoms. The molecular formula is C13H28N2O4S. The topological polar surface area (TPSA) is 68.8 Å². The number of hydrogen-bond acceptors (Lipinski definition) is 6. The highest BCUT2D eigenvalue weighted by molar-refractivity contribution is 7.81. The predicted octanol–water partition coefficient (Wildman–Crippen LogP) is 0.0802. The molecule has 0 aliphatic carbocycles. The van der Waals surface area contributed by atoms with Gasteiger partial charge < -0.3 is 24.8 Å². The molecule has 0 rings (SSSR count). The van der Waals surface area contributed by atoms with Crippen molar-refractivity contribution >= 4 is 18.5 Å². The van der Waals surface area contributed by atoms with E-state index >= 15 is 0 Å². The Morgan fingerprint density at radius 2 is 1.50 bits per heavy atom. The van der Waals surface area contributed by atoms with E-state index in [0.29, 0.717) is 46.2 Å². The Kier molecular flexibility index (Phi) is 14.8. The summed E-state index contributed by atoms with van der Waals surface area (Å²) in [5.74, 6) is -0.0807. The van der Waals surface area contributed by atoms with Crippen molar-refractivity contribution in [1.29, 1.82) is 0 Å². The number of amides is 1. The Bertz CT molecular complexity index is 230. The zero-order valence-electron chi connectivity index (χ0n) is 12.5. The van der Waals surface area contributed by atoms with Crippen LogP contribution in [0.2, 0.25) is 0 Å². The summed E-state index contributed by atoms with van der Waals surface area (Å²) >= 11 is 4.02. The van der Waals surface area contributed by atoms with E-state index in [2.05, 4.69) is 30.2 Å². The summed E-state index contributed by atoms with van der Waals surface area (Å²) in [4.78, 5) is 11.2. The lowest BCUT2D eigenvalue weighted by atomic mass is 10.4. The fourth-order valence-corrected chi connectivity index (χ4v) is 1.35. The molecule has 0 radical (unpaired) electrons. The Balaban J connectivity index is 3.04.